The second-order valence-corrected chi connectivity index (χ2v) is 13.2. The maximum Gasteiger partial charge on any atom is 0.270 e. The van der Waals surface area contributed by atoms with Gasteiger partial charge in [-0.2, -0.15) is 5.10 Å². The minimum Gasteiger partial charge on any atom is -0.457 e. The zero-order valence-electron chi connectivity index (χ0n) is 24.4. The van der Waals surface area contributed by atoms with E-state index >= 15 is 0 Å². The maximum absolute atomic E-state index is 13.3. The van der Waals surface area contributed by atoms with E-state index in [1.165, 1.54) is 29.1 Å². The molecule has 0 bridgehead atoms. The molecule has 2 aliphatic rings. The van der Waals surface area contributed by atoms with Gasteiger partial charge in [0.15, 0.2) is 0 Å². The summed E-state index contributed by atoms with van der Waals surface area (Å²) in [5, 5.41) is 8.21. The molecule has 0 atom stereocenters. The summed E-state index contributed by atoms with van der Waals surface area (Å²) in [4.78, 5) is 15.6. The normalized spacial score (nSPS) is 15.9. The van der Waals surface area contributed by atoms with Gasteiger partial charge in [0.1, 0.15) is 23.0 Å². The number of sulfonamides is 1. The predicted octanol–water partition coefficient (Wildman–Crippen LogP) is 5.45. The Morgan fingerprint density at radius 3 is 2.28 bits per heavy atom. The van der Waals surface area contributed by atoms with E-state index in [9.17, 15) is 17.6 Å². The van der Waals surface area contributed by atoms with Crippen LogP contribution in [0.15, 0.2) is 60.7 Å². The molecule has 2 fully saturated rings. The quantitative estimate of drug-likeness (QED) is 0.259. The summed E-state index contributed by atoms with van der Waals surface area (Å²) in [5.41, 5.74) is 3.13. The van der Waals surface area contributed by atoms with Crippen LogP contribution in [0.1, 0.15) is 54.1 Å². The van der Waals surface area contributed by atoms with E-state index in [0.29, 0.717) is 52.6 Å². The molecule has 1 N–H and O–H groups in total. The first kappa shape index (κ1) is 29.1. The number of carbonyl (C=O) groups is 1. The van der Waals surface area contributed by atoms with Crippen molar-refractivity contribution in [2.45, 2.75) is 38.0 Å². The molecule has 11 heteroatoms. The summed E-state index contributed by atoms with van der Waals surface area (Å²) in [5.74, 6) is 0.645. The van der Waals surface area contributed by atoms with Crippen molar-refractivity contribution in [1.29, 1.82) is 0 Å². The molecule has 0 spiro atoms. The highest BCUT2D eigenvalue weighted by Crippen LogP contribution is 2.46. The van der Waals surface area contributed by atoms with Crippen molar-refractivity contribution in [1.82, 2.24) is 20.0 Å². The summed E-state index contributed by atoms with van der Waals surface area (Å²) in [7, 11) is -1.99. The minimum absolute atomic E-state index is 0.238. The van der Waals surface area contributed by atoms with Gasteiger partial charge in [-0.25, -0.2) is 17.5 Å². The molecular weight excluding hydrogens is 569 g/mol. The standard InChI is InChI=1S/C32H36FN5O4S/c1-34-32(39)31-28-20-27(22-6-7-22)30(37(43(2,40)41)19-18-36-16-4-3-5-17-36)21-29(28)35-38(31)24-10-14-26(15-11-24)42-25-12-8-23(33)9-13-25/h8-15,20-22H,3-7,16-19H2,1-2H3,(H,34,39). The number of ether oxygens (including phenoxy) is 1. The van der Waals surface area contributed by atoms with Crippen molar-refractivity contribution in [3.05, 3.63) is 77.7 Å². The Bertz CT molecular complexity index is 1730. The molecular formula is C32H36FN5O4S. The zero-order valence-corrected chi connectivity index (χ0v) is 25.2. The molecule has 1 aliphatic carbocycles. The number of benzene rings is 3. The highest BCUT2D eigenvalue weighted by Gasteiger charge is 2.33. The fourth-order valence-electron chi connectivity index (χ4n) is 5.77. The Balaban J connectivity index is 1.39. The number of hydrogen-bond acceptors (Lipinski definition) is 6. The second-order valence-electron chi connectivity index (χ2n) is 11.3. The largest absolute Gasteiger partial charge is 0.457 e. The molecule has 3 aromatic carbocycles. The smallest absolute Gasteiger partial charge is 0.270 e. The van der Waals surface area contributed by atoms with Crippen LogP contribution < -0.4 is 14.4 Å². The lowest BCUT2D eigenvalue weighted by atomic mass is 10.0. The number of nitrogens with one attached hydrogen (secondary N) is 1. The van der Waals surface area contributed by atoms with E-state index in [1.807, 2.05) is 12.1 Å². The lowest BCUT2D eigenvalue weighted by molar-refractivity contribution is 0.0957. The first-order chi connectivity index (χ1) is 20.7. The van der Waals surface area contributed by atoms with Gasteiger partial charge in [0.25, 0.3) is 5.91 Å². The summed E-state index contributed by atoms with van der Waals surface area (Å²) in [6, 6.07) is 16.6. The van der Waals surface area contributed by atoms with Gasteiger partial charge in [0.2, 0.25) is 10.0 Å². The van der Waals surface area contributed by atoms with Crippen molar-refractivity contribution >= 4 is 32.5 Å². The van der Waals surface area contributed by atoms with Crippen molar-refractivity contribution < 1.29 is 22.3 Å². The summed E-state index contributed by atoms with van der Waals surface area (Å²) >= 11 is 0. The van der Waals surface area contributed by atoms with Crippen LogP contribution in [0.3, 0.4) is 0 Å². The van der Waals surface area contributed by atoms with Crippen LogP contribution in [0.5, 0.6) is 11.5 Å². The van der Waals surface area contributed by atoms with Gasteiger partial charge in [-0.3, -0.25) is 9.10 Å². The molecule has 0 unspecified atom stereocenters. The molecule has 1 aliphatic heterocycles. The Kier molecular flexibility index (Phi) is 8.11. The Morgan fingerprint density at radius 1 is 1.02 bits per heavy atom. The third-order valence-corrected chi connectivity index (χ3v) is 9.33. The molecule has 1 amide bonds. The highest BCUT2D eigenvalue weighted by molar-refractivity contribution is 7.92. The number of fused-ring (bicyclic) bond motifs is 1. The molecule has 1 saturated heterocycles. The number of rotatable bonds is 10. The van der Waals surface area contributed by atoms with E-state index < -0.39 is 10.0 Å². The number of hydrogen-bond donors (Lipinski definition) is 1. The second kappa shape index (κ2) is 12.0. The Morgan fingerprint density at radius 2 is 1.67 bits per heavy atom. The van der Waals surface area contributed by atoms with Crippen LogP contribution in [-0.4, -0.2) is 68.5 Å². The number of amides is 1. The maximum atomic E-state index is 13.3. The van der Waals surface area contributed by atoms with Gasteiger partial charge in [0, 0.05) is 25.5 Å². The molecule has 1 saturated carbocycles. The summed E-state index contributed by atoms with van der Waals surface area (Å²) < 4.78 is 48.5. The number of nitrogens with zero attached hydrogens (tertiary/aromatic N) is 4. The van der Waals surface area contributed by atoms with Crippen molar-refractivity contribution in [2.24, 2.45) is 0 Å². The molecule has 226 valence electrons. The third kappa shape index (κ3) is 6.37. The van der Waals surface area contributed by atoms with Crippen molar-refractivity contribution in [2.75, 3.05) is 43.8 Å². The average Bonchev–Trinajstić information content (AvgIpc) is 3.78. The molecule has 9 nitrogen and oxygen atoms in total. The number of anilines is 1. The minimum atomic E-state index is -3.57. The fourth-order valence-corrected chi connectivity index (χ4v) is 6.70. The average molecular weight is 606 g/mol. The van der Waals surface area contributed by atoms with E-state index in [1.54, 1.807) is 48.1 Å². The zero-order chi connectivity index (χ0) is 30.1. The number of piperidine rings is 1. The van der Waals surface area contributed by atoms with Crippen LogP contribution in [0.4, 0.5) is 10.1 Å². The van der Waals surface area contributed by atoms with Gasteiger partial charge < -0.3 is 15.0 Å². The van der Waals surface area contributed by atoms with Crippen LogP contribution in [0.2, 0.25) is 0 Å². The van der Waals surface area contributed by atoms with Crippen molar-refractivity contribution in [3.8, 4) is 17.2 Å². The SMILES string of the molecule is CNC(=O)c1c2cc(C3CC3)c(N(CCN3CCCCC3)S(C)(=O)=O)cc2nn1-c1ccc(Oc2ccc(F)cc2)cc1. The van der Waals surface area contributed by atoms with Crippen LogP contribution in [-0.2, 0) is 10.0 Å². The summed E-state index contributed by atoms with van der Waals surface area (Å²) in [6.45, 7) is 3.00. The fraction of sp³-hybridized carbons (Fsp3) is 0.375. The van der Waals surface area contributed by atoms with E-state index in [2.05, 4.69) is 10.2 Å². The monoisotopic (exact) mass is 605 g/mol. The molecule has 43 heavy (non-hydrogen) atoms. The number of likely N-dealkylation sites (tertiary alicyclic amines) is 1. The lowest BCUT2D eigenvalue weighted by Crippen LogP contribution is -2.40. The Labute approximate surface area is 251 Å². The van der Waals surface area contributed by atoms with Gasteiger partial charge in [-0.05, 0) is 111 Å². The van der Waals surface area contributed by atoms with E-state index in [0.717, 1.165) is 44.3 Å². The summed E-state index contributed by atoms with van der Waals surface area (Å²) in [6.07, 6.45) is 6.69. The molecule has 2 heterocycles. The van der Waals surface area contributed by atoms with Crippen LogP contribution >= 0.6 is 0 Å². The van der Waals surface area contributed by atoms with Crippen LogP contribution in [0.25, 0.3) is 16.6 Å². The van der Waals surface area contributed by atoms with Gasteiger partial charge >= 0.3 is 0 Å². The highest BCUT2D eigenvalue weighted by atomic mass is 32.2. The number of carbonyl (C=O) groups excluding carboxylic acids is 1. The molecule has 0 radical (unpaired) electrons. The van der Waals surface area contributed by atoms with Gasteiger partial charge in [-0.1, -0.05) is 6.42 Å². The van der Waals surface area contributed by atoms with Gasteiger partial charge in [0.05, 0.1) is 23.1 Å². The molecule has 1 aromatic heterocycles. The lowest BCUT2D eigenvalue weighted by Gasteiger charge is -2.31. The predicted molar refractivity (Wildman–Crippen MR) is 165 cm³/mol. The number of aromatic nitrogens is 2. The first-order valence-corrected chi connectivity index (χ1v) is 16.6. The van der Waals surface area contributed by atoms with Crippen molar-refractivity contribution in [3.63, 3.8) is 0 Å². The molecule has 6 rings (SSSR count). The third-order valence-electron chi connectivity index (χ3n) is 8.15. The van der Waals surface area contributed by atoms with Crippen LogP contribution in [0, 0.1) is 5.82 Å². The molecule has 4 aromatic rings. The topological polar surface area (TPSA) is 96.8 Å². The van der Waals surface area contributed by atoms with E-state index in [-0.39, 0.29) is 17.6 Å². The number of halogens is 1. The first-order valence-electron chi connectivity index (χ1n) is 14.7. The van der Waals surface area contributed by atoms with Gasteiger partial charge in [-0.15, -0.1) is 0 Å². The Hall–Kier alpha value is -3.96. The van der Waals surface area contributed by atoms with E-state index in [4.69, 9.17) is 9.84 Å².